The first-order valence-corrected chi connectivity index (χ1v) is 7.29. The fourth-order valence-corrected chi connectivity index (χ4v) is 2.46. The fourth-order valence-electron chi connectivity index (χ4n) is 2.46. The van der Waals surface area contributed by atoms with Gasteiger partial charge in [0.05, 0.1) is 11.9 Å². The van der Waals surface area contributed by atoms with E-state index in [1.54, 1.807) is 6.20 Å². The highest BCUT2D eigenvalue weighted by Crippen LogP contribution is 2.11. The van der Waals surface area contributed by atoms with E-state index in [0.717, 1.165) is 13.1 Å². The lowest BCUT2D eigenvalue weighted by molar-refractivity contribution is -0.122. The maximum absolute atomic E-state index is 11.8. The largest absolute Gasteiger partial charge is 0.353 e. The molecule has 20 heavy (non-hydrogen) atoms. The molecule has 1 aliphatic heterocycles. The number of amides is 1. The van der Waals surface area contributed by atoms with Crippen LogP contribution < -0.4 is 11.1 Å². The molecule has 1 aliphatic rings. The highest BCUT2D eigenvalue weighted by molar-refractivity contribution is 5.75. The third kappa shape index (κ3) is 4.28. The Kier molecular flexibility index (Phi) is 5.49. The first-order valence-electron chi connectivity index (χ1n) is 7.29. The van der Waals surface area contributed by atoms with Crippen molar-refractivity contribution in [3.63, 3.8) is 0 Å². The Hall–Kier alpha value is -1.47. The van der Waals surface area contributed by atoms with Crippen molar-refractivity contribution in [3.05, 3.63) is 11.9 Å². The summed E-state index contributed by atoms with van der Waals surface area (Å²) in [6.07, 6.45) is 5.55. The van der Waals surface area contributed by atoms with Crippen molar-refractivity contribution in [3.8, 4) is 0 Å². The van der Waals surface area contributed by atoms with Crippen molar-refractivity contribution in [2.24, 2.45) is 5.73 Å². The van der Waals surface area contributed by atoms with Crippen LogP contribution in [0.15, 0.2) is 6.20 Å². The summed E-state index contributed by atoms with van der Waals surface area (Å²) in [5.74, 6) is -0.0395. The molecule has 0 bridgehead atoms. The maximum Gasteiger partial charge on any atom is 0.241 e. The molecule has 0 spiro atoms. The highest BCUT2D eigenvalue weighted by atomic mass is 16.2. The van der Waals surface area contributed by atoms with Gasteiger partial charge >= 0.3 is 0 Å². The SMILES string of the molecule is CC(CNC(=O)Cn1cc(CN)nn1)N1CCCCC1. The molecule has 7 nitrogen and oxygen atoms in total. The molecule has 1 saturated heterocycles. The quantitative estimate of drug-likeness (QED) is 0.748. The second-order valence-corrected chi connectivity index (χ2v) is 5.36. The number of piperidine rings is 1. The third-order valence-electron chi connectivity index (χ3n) is 3.71. The number of likely N-dealkylation sites (tertiary alicyclic amines) is 1. The normalized spacial score (nSPS) is 17.9. The van der Waals surface area contributed by atoms with Gasteiger partial charge in [0.15, 0.2) is 0 Å². The topological polar surface area (TPSA) is 89.1 Å². The molecule has 7 heteroatoms. The second-order valence-electron chi connectivity index (χ2n) is 5.36. The van der Waals surface area contributed by atoms with E-state index >= 15 is 0 Å². The maximum atomic E-state index is 11.8. The minimum atomic E-state index is -0.0395. The molecule has 2 rings (SSSR count). The second kappa shape index (κ2) is 7.35. The van der Waals surface area contributed by atoms with E-state index in [1.807, 2.05) is 0 Å². The van der Waals surface area contributed by atoms with Crippen LogP contribution in [0.4, 0.5) is 0 Å². The number of nitrogens with zero attached hydrogens (tertiary/aromatic N) is 4. The van der Waals surface area contributed by atoms with Crippen LogP contribution >= 0.6 is 0 Å². The van der Waals surface area contributed by atoms with E-state index in [9.17, 15) is 4.79 Å². The van der Waals surface area contributed by atoms with Crippen molar-refractivity contribution in [1.82, 2.24) is 25.2 Å². The van der Waals surface area contributed by atoms with E-state index in [1.165, 1.54) is 23.9 Å². The lowest BCUT2D eigenvalue weighted by Gasteiger charge is -2.32. The van der Waals surface area contributed by atoms with Crippen LogP contribution in [0.5, 0.6) is 0 Å². The molecule has 1 unspecified atom stereocenters. The number of aromatic nitrogens is 3. The molecule has 112 valence electrons. The first kappa shape index (κ1) is 14.9. The smallest absolute Gasteiger partial charge is 0.241 e. The zero-order valence-electron chi connectivity index (χ0n) is 12.1. The first-order chi connectivity index (χ1) is 9.69. The van der Waals surface area contributed by atoms with Crippen molar-refractivity contribution in [2.75, 3.05) is 19.6 Å². The van der Waals surface area contributed by atoms with E-state index in [0.29, 0.717) is 24.8 Å². The summed E-state index contributed by atoms with van der Waals surface area (Å²) in [5.41, 5.74) is 6.15. The lowest BCUT2D eigenvalue weighted by Crippen LogP contribution is -2.45. The van der Waals surface area contributed by atoms with E-state index < -0.39 is 0 Å². The number of nitrogens with one attached hydrogen (secondary N) is 1. The molecule has 0 saturated carbocycles. The van der Waals surface area contributed by atoms with Gasteiger partial charge in [-0.05, 0) is 32.9 Å². The average molecular weight is 280 g/mol. The fraction of sp³-hybridized carbons (Fsp3) is 0.769. The van der Waals surface area contributed by atoms with Crippen LogP contribution in [0.3, 0.4) is 0 Å². The molecule has 1 fully saturated rings. The standard InChI is InChI=1S/C13H24N6O/c1-11(18-5-3-2-4-6-18)8-15-13(20)10-19-9-12(7-14)16-17-19/h9,11H,2-8,10,14H2,1H3,(H,15,20). The van der Waals surface area contributed by atoms with E-state index in [2.05, 4.69) is 27.5 Å². The number of carbonyl (C=O) groups excluding carboxylic acids is 1. The summed E-state index contributed by atoms with van der Waals surface area (Å²) in [7, 11) is 0. The monoisotopic (exact) mass is 280 g/mol. The summed E-state index contributed by atoms with van der Waals surface area (Å²) in [6, 6.07) is 0.384. The van der Waals surface area contributed by atoms with Gasteiger partial charge in [0.25, 0.3) is 0 Å². The molecule has 0 radical (unpaired) electrons. The summed E-state index contributed by atoms with van der Waals surface area (Å²) in [6.45, 7) is 5.65. The molecule has 0 aromatic carbocycles. The minimum absolute atomic E-state index is 0.0395. The van der Waals surface area contributed by atoms with Gasteiger partial charge in [-0.3, -0.25) is 9.69 Å². The van der Waals surface area contributed by atoms with E-state index in [4.69, 9.17) is 5.73 Å². The van der Waals surface area contributed by atoms with Crippen LogP contribution in [0.1, 0.15) is 31.9 Å². The Bertz CT molecular complexity index is 426. The lowest BCUT2D eigenvalue weighted by atomic mass is 10.1. The van der Waals surface area contributed by atoms with Crippen LogP contribution in [0, 0.1) is 0 Å². The molecular formula is C13H24N6O. The average Bonchev–Trinajstić information content (AvgIpc) is 2.93. The van der Waals surface area contributed by atoms with Gasteiger partial charge in [-0.1, -0.05) is 11.6 Å². The van der Waals surface area contributed by atoms with E-state index in [-0.39, 0.29) is 12.5 Å². The van der Waals surface area contributed by atoms with Gasteiger partial charge in [-0.25, -0.2) is 4.68 Å². The summed E-state index contributed by atoms with van der Waals surface area (Å²) >= 11 is 0. The zero-order chi connectivity index (χ0) is 14.4. The summed E-state index contributed by atoms with van der Waals surface area (Å²) < 4.78 is 1.52. The highest BCUT2D eigenvalue weighted by Gasteiger charge is 2.17. The predicted octanol–water partition coefficient (Wildman–Crippen LogP) is -0.273. The Balaban J connectivity index is 1.71. The van der Waals surface area contributed by atoms with Crippen molar-refractivity contribution in [1.29, 1.82) is 0 Å². The molecule has 3 N–H and O–H groups in total. The van der Waals surface area contributed by atoms with Crippen molar-refractivity contribution < 1.29 is 4.79 Å². The summed E-state index contributed by atoms with van der Waals surface area (Å²) in [4.78, 5) is 14.3. The Labute approximate surface area is 119 Å². The number of nitrogens with two attached hydrogens (primary N) is 1. The van der Waals surface area contributed by atoms with Gasteiger partial charge in [-0.15, -0.1) is 5.10 Å². The van der Waals surface area contributed by atoms with Crippen LogP contribution in [-0.4, -0.2) is 51.5 Å². The van der Waals surface area contributed by atoms with Gasteiger partial charge in [0, 0.05) is 19.1 Å². The van der Waals surface area contributed by atoms with Gasteiger partial charge in [0.2, 0.25) is 5.91 Å². The zero-order valence-corrected chi connectivity index (χ0v) is 12.1. The molecule has 1 amide bonds. The number of hydrogen-bond donors (Lipinski definition) is 2. The number of rotatable bonds is 6. The Morgan fingerprint density at radius 2 is 2.20 bits per heavy atom. The van der Waals surface area contributed by atoms with Crippen molar-refractivity contribution in [2.45, 2.75) is 45.3 Å². The van der Waals surface area contributed by atoms with Gasteiger partial charge in [0.1, 0.15) is 6.54 Å². The molecule has 0 aliphatic carbocycles. The molecule has 2 heterocycles. The Morgan fingerprint density at radius 1 is 1.45 bits per heavy atom. The van der Waals surface area contributed by atoms with Gasteiger partial charge < -0.3 is 11.1 Å². The number of carbonyl (C=O) groups is 1. The number of hydrogen-bond acceptors (Lipinski definition) is 5. The third-order valence-corrected chi connectivity index (χ3v) is 3.71. The molecule has 1 aromatic heterocycles. The molecule has 1 atom stereocenters. The Morgan fingerprint density at radius 3 is 2.85 bits per heavy atom. The molecule has 1 aromatic rings. The van der Waals surface area contributed by atoms with Crippen LogP contribution in [-0.2, 0) is 17.9 Å². The predicted molar refractivity (Wildman–Crippen MR) is 75.8 cm³/mol. The molecular weight excluding hydrogens is 256 g/mol. The minimum Gasteiger partial charge on any atom is -0.353 e. The summed E-state index contributed by atoms with van der Waals surface area (Å²) in [5, 5.41) is 10.7. The van der Waals surface area contributed by atoms with Gasteiger partial charge in [-0.2, -0.15) is 0 Å². The van der Waals surface area contributed by atoms with Crippen LogP contribution in [0.2, 0.25) is 0 Å². The van der Waals surface area contributed by atoms with Crippen molar-refractivity contribution >= 4 is 5.91 Å². The van der Waals surface area contributed by atoms with Crippen LogP contribution in [0.25, 0.3) is 0 Å².